The molecule has 1 aromatic rings. The number of nitrogens with zero attached hydrogens (tertiary/aromatic N) is 4. The van der Waals surface area contributed by atoms with Crippen LogP contribution >= 0.6 is 0 Å². The number of nitrogens with one attached hydrogen (secondary N) is 1. The van der Waals surface area contributed by atoms with Crippen molar-refractivity contribution < 1.29 is 9.53 Å². The molecule has 0 bridgehead atoms. The molecule has 1 saturated carbocycles. The van der Waals surface area contributed by atoms with Crippen LogP contribution in [0.3, 0.4) is 0 Å². The molecule has 2 saturated heterocycles. The van der Waals surface area contributed by atoms with Crippen LogP contribution in [0, 0.1) is 11.3 Å². The Morgan fingerprint density at radius 3 is 2.92 bits per heavy atom. The lowest BCUT2D eigenvalue weighted by Gasteiger charge is -2.40. The standard InChI is InChI=1S/C18H29N5O2/c24-17(20-16-4-1-5-18(16)6-11-25-12-7-18)22-9-2-3-15(13-22)14-23-10-8-19-21-23/h8,10,15-16H,1-7,9,11-14H2,(H,20,24). The summed E-state index contributed by atoms with van der Waals surface area (Å²) in [6, 6.07) is 0.445. The third-order valence-electron chi connectivity index (χ3n) is 6.42. The maximum absolute atomic E-state index is 12.9. The third-order valence-corrected chi connectivity index (χ3v) is 6.42. The van der Waals surface area contributed by atoms with Gasteiger partial charge in [0.1, 0.15) is 0 Å². The number of urea groups is 1. The Labute approximate surface area is 149 Å². The van der Waals surface area contributed by atoms with E-state index in [1.165, 1.54) is 12.8 Å². The van der Waals surface area contributed by atoms with E-state index in [4.69, 9.17) is 4.74 Å². The number of rotatable bonds is 3. The van der Waals surface area contributed by atoms with Crippen LogP contribution in [0.25, 0.3) is 0 Å². The molecule has 3 aliphatic rings. The van der Waals surface area contributed by atoms with Crippen LogP contribution < -0.4 is 5.32 Å². The molecule has 3 heterocycles. The van der Waals surface area contributed by atoms with Gasteiger partial charge >= 0.3 is 6.03 Å². The lowest BCUT2D eigenvalue weighted by molar-refractivity contribution is 0.00512. The summed E-state index contributed by atoms with van der Waals surface area (Å²) < 4.78 is 7.43. The maximum atomic E-state index is 12.9. The smallest absolute Gasteiger partial charge is 0.317 e. The van der Waals surface area contributed by atoms with Crippen LogP contribution in [0.5, 0.6) is 0 Å². The van der Waals surface area contributed by atoms with Crippen LogP contribution in [-0.4, -0.2) is 58.3 Å². The molecule has 1 aromatic heterocycles. The molecular weight excluding hydrogens is 318 g/mol. The fourth-order valence-electron chi connectivity index (χ4n) is 4.97. The van der Waals surface area contributed by atoms with Crippen molar-refractivity contribution in [1.29, 1.82) is 0 Å². The van der Waals surface area contributed by atoms with Crippen LogP contribution in [0.1, 0.15) is 44.9 Å². The van der Waals surface area contributed by atoms with Gasteiger partial charge in [0.25, 0.3) is 0 Å². The highest BCUT2D eigenvalue weighted by atomic mass is 16.5. The molecule has 2 unspecified atom stereocenters. The molecule has 1 N–H and O–H groups in total. The van der Waals surface area contributed by atoms with E-state index in [1.54, 1.807) is 6.20 Å². The van der Waals surface area contributed by atoms with Gasteiger partial charge in [-0.1, -0.05) is 11.6 Å². The van der Waals surface area contributed by atoms with Crippen molar-refractivity contribution in [2.75, 3.05) is 26.3 Å². The lowest BCUT2D eigenvalue weighted by Crippen LogP contribution is -2.53. The molecule has 4 rings (SSSR count). The lowest BCUT2D eigenvalue weighted by atomic mass is 9.75. The van der Waals surface area contributed by atoms with Crippen molar-refractivity contribution in [3.8, 4) is 0 Å². The molecule has 0 aromatic carbocycles. The molecule has 3 fully saturated rings. The van der Waals surface area contributed by atoms with E-state index >= 15 is 0 Å². The van der Waals surface area contributed by atoms with Crippen LogP contribution in [0.4, 0.5) is 4.79 Å². The monoisotopic (exact) mass is 347 g/mol. The first kappa shape index (κ1) is 16.8. The third kappa shape index (κ3) is 3.66. The minimum absolute atomic E-state index is 0.126. The predicted octanol–water partition coefficient (Wildman–Crippen LogP) is 2.05. The average molecular weight is 347 g/mol. The van der Waals surface area contributed by atoms with Gasteiger partial charge in [-0.2, -0.15) is 0 Å². The zero-order chi connectivity index (χ0) is 17.1. The molecule has 1 spiro atoms. The fourth-order valence-corrected chi connectivity index (χ4v) is 4.97. The van der Waals surface area contributed by atoms with Gasteiger partial charge in [-0.25, -0.2) is 4.79 Å². The number of piperidine rings is 1. The summed E-state index contributed by atoms with van der Waals surface area (Å²) >= 11 is 0. The Balaban J connectivity index is 1.34. The topological polar surface area (TPSA) is 72.3 Å². The molecule has 0 radical (unpaired) electrons. The van der Waals surface area contributed by atoms with Gasteiger partial charge in [0.2, 0.25) is 0 Å². The first-order valence-corrected chi connectivity index (χ1v) is 9.72. The second-order valence-corrected chi connectivity index (χ2v) is 7.95. The Bertz CT molecular complexity index is 570. The second-order valence-electron chi connectivity index (χ2n) is 7.95. The Morgan fingerprint density at radius 2 is 2.12 bits per heavy atom. The van der Waals surface area contributed by atoms with Gasteiger partial charge in [0.15, 0.2) is 0 Å². The van der Waals surface area contributed by atoms with Gasteiger partial charge in [0.05, 0.1) is 6.20 Å². The average Bonchev–Trinajstić information content (AvgIpc) is 3.27. The van der Waals surface area contributed by atoms with E-state index in [9.17, 15) is 4.79 Å². The summed E-state index contributed by atoms with van der Waals surface area (Å²) in [4.78, 5) is 14.9. The quantitative estimate of drug-likeness (QED) is 0.908. The number of hydrogen-bond acceptors (Lipinski definition) is 4. The summed E-state index contributed by atoms with van der Waals surface area (Å²) in [6.07, 6.45) is 11.6. The summed E-state index contributed by atoms with van der Waals surface area (Å²) in [5.41, 5.74) is 0.282. The van der Waals surface area contributed by atoms with Crippen molar-refractivity contribution in [1.82, 2.24) is 25.2 Å². The normalized spacial score (nSPS) is 29.0. The molecular formula is C18H29N5O2. The van der Waals surface area contributed by atoms with Gasteiger partial charge in [0, 0.05) is 45.1 Å². The van der Waals surface area contributed by atoms with Gasteiger partial charge in [-0.05, 0) is 49.9 Å². The molecule has 2 amide bonds. The van der Waals surface area contributed by atoms with Gasteiger partial charge in [-0.15, -0.1) is 5.10 Å². The number of amides is 2. The number of hydrogen-bond donors (Lipinski definition) is 1. The Hall–Kier alpha value is -1.63. The minimum atomic E-state index is 0.126. The van der Waals surface area contributed by atoms with E-state index in [-0.39, 0.29) is 11.4 Å². The summed E-state index contributed by atoms with van der Waals surface area (Å²) in [6.45, 7) is 4.21. The zero-order valence-electron chi connectivity index (χ0n) is 14.9. The van der Waals surface area contributed by atoms with Crippen molar-refractivity contribution >= 4 is 6.03 Å². The highest BCUT2D eigenvalue weighted by Gasteiger charge is 2.44. The number of aromatic nitrogens is 3. The van der Waals surface area contributed by atoms with Crippen LogP contribution in [0.2, 0.25) is 0 Å². The summed E-state index contributed by atoms with van der Waals surface area (Å²) in [5, 5.41) is 11.3. The van der Waals surface area contributed by atoms with Crippen molar-refractivity contribution in [3.05, 3.63) is 12.4 Å². The summed E-state index contributed by atoms with van der Waals surface area (Å²) in [5.74, 6) is 0.460. The fraction of sp³-hybridized carbons (Fsp3) is 0.833. The van der Waals surface area contributed by atoms with Gasteiger partial charge < -0.3 is 15.0 Å². The maximum Gasteiger partial charge on any atom is 0.317 e. The number of carbonyl (C=O) groups is 1. The Morgan fingerprint density at radius 1 is 1.24 bits per heavy atom. The predicted molar refractivity (Wildman–Crippen MR) is 93.0 cm³/mol. The number of ether oxygens (including phenoxy) is 1. The van der Waals surface area contributed by atoms with Crippen molar-refractivity contribution in [2.24, 2.45) is 11.3 Å². The van der Waals surface area contributed by atoms with E-state index in [1.807, 2.05) is 15.8 Å². The number of carbonyl (C=O) groups excluding carboxylic acids is 1. The minimum Gasteiger partial charge on any atom is -0.381 e. The number of likely N-dealkylation sites (tertiary alicyclic amines) is 1. The zero-order valence-corrected chi connectivity index (χ0v) is 14.9. The highest BCUT2D eigenvalue weighted by Crippen LogP contribution is 2.46. The first-order chi connectivity index (χ1) is 12.3. The molecule has 7 heteroatoms. The van der Waals surface area contributed by atoms with Crippen molar-refractivity contribution in [2.45, 2.75) is 57.5 Å². The summed E-state index contributed by atoms with van der Waals surface area (Å²) in [7, 11) is 0. The van der Waals surface area contributed by atoms with Crippen molar-refractivity contribution in [3.63, 3.8) is 0 Å². The molecule has 2 aliphatic heterocycles. The molecule has 1 aliphatic carbocycles. The molecule has 7 nitrogen and oxygen atoms in total. The van der Waals surface area contributed by atoms with Gasteiger partial charge in [-0.3, -0.25) is 4.68 Å². The van der Waals surface area contributed by atoms with E-state index in [0.717, 1.165) is 65.0 Å². The molecule has 138 valence electrons. The SMILES string of the molecule is O=C(NC1CCCC12CCOCC2)N1CCCC(Cn2ccnn2)C1. The highest BCUT2D eigenvalue weighted by molar-refractivity contribution is 5.74. The van der Waals surface area contributed by atoms with E-state index in [2.05, 4.69) is 15.6 Å². The molecule has 25 heavy (non-hydrogen) atoms. The first-order valence-electron chi connectivity index (χ1n) is 9.72. The molecule has 2 atom stereocenters. The van der Waals surface area contributed by atoms with Crippen LogP contribution in [0.15, 0.2) is 12.4 Å². The largest absolute Gasteiger partial charge is 0.381 e. The second kappa shape index (κ2) is 7.32. The Kier molecular flexibility index (Phi) is 4.92. The van der Waals surface area contributed by atoms with E-state index in [0.29, 0.717) is 12.0 Å². The van der Waals surface area contributed by atoms with E-state index < -0.39 is 0 Å². The van der Waals surface area contributed by atoms with Crippen LogP contribution in [-0.2, 0) is 11.3 Å².